The number of aliphatic hydroxyl groups excluding tert-OH is 1. The third kappa shape index (κ3) is 4.82. The summed E-state index contributed by atoms with van der Waals surface area (Å²) < 4.78 is 0. The molecule has 0 saturated carbocycles. The van der Waals surface area contributed by atoms with Gasteiger partial charge in [-0.1, -0.05) is 30.2 Å². The van der Waals surface area contributed by atoms with E-state index >= 15 is 0 Å². The molecule has 5 nitrogen and oxygen atoms in total. The van der Waals surface area contributed by atoms with Crippen molar-refractivity contribution in [1.82, 2.24) is 14.8 Å². The van der Waals surface area contributed by atoms with Gasteiger partial charge in [-0.15, -0.1) is 0 Å². The number of carbonyl (C=O) groups excluding carboxylic acids is 1. The summed E-state index contributed by atoms with van der Waals surface area (Å²) in [6, 6.07) is 14.3. The van der Waals surface area contributed by atoms with Crippen LogP contribution in [0.5, 0.6) is 0 Å². The molecule has 0 unspecified atom stereocenters. The van der Waals surface area contributed by atoms with E-state index in [2.05, 4.69) is 85.8 Å². The highest BCUT2D eigenvalue weighted by atomic mass is 16.3. The second kappa shape index (κ2) is 10.1. The Morgan fingerprint density at radius 3 is 2.21 bits per heavy atom. The van der Waals surface area contributed by atoms with Crippen molar-refractivity contribution in [3.8, 4) is 11.3 Å². The van der Waals surface area contributed by atoms with E-state index in [9.17, 15) is 9.90 Å². The van der Waals surface area contributed by atoms with E-state index in [-0.39, 0.29) is 6.10 Å². The van der Waals surface area contributed by atoms with Crippen molar-refractivity contribution in [3.05, 3.63) is 58.7 Å². The van der Waals surface area contributed by atoms with E-state index < -0.39 is 5.41 Å². The first-order chi connectivity index (χ1) is 18.6. The fourth-order valence-electron chi connectivity index (χ4n) is 7.73. The average Bonchev–Trinajstić information content (AvgIpc) is 3.61. The van der Waals surface area contributed by atoms with Crippen LogP contribution in [0.2, 0.25) is 0 Å². The highest BCUT2D eigenvalue weighted by Gasteiger charge is 2.47. The van der Waals surface area contributed by atoms with Gasteiger partial charge in [-0.25, -0.2) is 0 Å². The Morgan fingerprint density at radius 2 is 1.59 bits per heavy atom. The normalized spacial score (nSPS) is 23.2. The number of carbonyl (C=O) groups is 1. The van der Waals surface area contributed by atoms with Crippen LogP contribution >= 0.6 is 0 Å². The molecule has 0 spiro atoms. The van der Waals surface area contributed by atoms with Gasteiger partial charge in [0.1, 0.15) is 0 Å². The van der Waals surface area contributed by atoms with Crippen molar-refractivity contribution >= 4 is 16.8 Å². The molecule has 2 N–H and O–H groups in total. The predicted octanol–water partition coefficient (Wildman–Crippen LogP) is 6.44. The number of piperidine rings is 1. The molecule has 1 aromatic heterocycles. The number of rotatable bonds is 6. The standard InChI is InChI=1S/C34H45N3O2/c1-21-16-22(2)18-24(17-21)32-31(23(3)20-36-14-12-28(38)13-15-36)29-19-25(6-11-30(29)35-32)34(4,5)33(39)37-26-7-8-27(37)10-9-26/h6,11,16-19,23,26-28,35,38H,7-10,12-15,20H2,1-5H3/t23-,26?,27?/m1/s1. The van der Waals surface area contributed by atoms with E-state index in [0.717, 1.165) is 69.2 Å². The molecule has 3 fully saturated rings. The van der Waals surface area contributed by atoms with Gasteiger partial charge in [0.25, 0.3) is 0 Å². The summed E-state index contributed by atoms with van der Waals surface area (Å²) in [7, 11) is 0. The third-order valence-corrected chi connectivity index (χ3v) is 9.87. The molecule has 39 heavy (non-hydrogen) atoms. The minimum absolute atomic E-state index is 0.163. The lowest BCUT2D eigenvalue weighted by molar-refractivity contribution is -0.137. The molecule has 0 aliphatic carbocycles. The van der Waals surface area contributed by atoms with Gasteiger partial charge in [-0.3, -0.25) is 4.79 Å². The number of fused-ring (bicyclic) bond motifs is 3. The molecule has 3 aromatic rings. The van der Waals surface area contributed by atoms with E-state index in [1.165, 1.54) is 33.3 Å². The second-order valence-electron chi connectivity index (χ2n) is 13.3. The lowest BCUT2D eigenvalue weighted by Gasteiger charge is -2.33. The van der Waals surface area contributed by atoms with E-state index in [1.807, 2.05) is 0 Å². The summed E-state index contributed by atoms with van der Waals surface area (Å²) >= 11 is 0. The van der Waals surface area contributed by atoms with Crippen LogP contribution in [0.3, 0.4) is 0 Å². The van der Waals surface area contributed by atoms with Gasteiger partial charge >= 0.3 is 0 Å². The van der Waals surface area contributed by atoms with Crippen LogP contribution in [0.15, 0.2) is 36.4 Å². The minimum Gasteiger partial charge on any atom is -0.393 e. The number of nitrogens with one attached hydrogen (secondary N) is 1. The van der Waals surface area contributed by atoms with Crippen molar-refractivity contribution in [2.45, 2.75) is 103 Å². The van der Waals surface area contributed by atoms with Crippen LogP contribution in [-0.4, -0.2) is 63.6 Å². The number of hydrogen-bond donors (Lipinski definition) is 2. The first-order valence-electron chi connectivity index (χ1n) is 15.1. The van der Waals surface area contributed by atoms with E-state index in [0.29, 0.717) is 23.9 Å². The number of H-pyrrole nitrogens is 1. The molecule has 4 heterocycles. The number of likely N-dealkylation sites (tertiary alicyclic amines) is 1. The SMILES string of the molecule is Cc1cc(C)cc(-c2[nH]c3ccc(C(C)(C)C(=O)N4C5CCC4CC5)cc3c2[C@H](C)CN2CCC(O)CC2)c1. The Hall–Kier alpha value is -2.63. The predicted molar refractivity (Wildman–Crippen MR) is 159 cm³/mol. The van der Waals surface area contributed by atoms with Crippen LogP contribution in [0.25, 0.3) is 22.2 Å². The highest BCUT2D eigenvalue weighted by Crippen LogP contribution is 2.43. The highest BCUT2D eigenvalue weighted by molar-refractivity contribution is 5.95. The lowest BCUT2D eigenvalue weighted by atomic mass is 9.81. The number of aliphatic hydroxyl groups is 1. The Labute approximate surface area is 233 Å². The fraction of sp³-hybridized carbons (Fsp3) is 0.559. The number of nitrogens with zero attached hydrogens (tertiary/aromatic N) is 2. The molecule has 1 atom stereocenters. The smallest absolute Gasteiger partial charge is 0.233 e. The van der Waals surface area contributed by atoms with Crippen LogP contribution in [0.4, 0.5) is 0 Å². The summed E-state index contributed by atoms with van der Waals surface area (Å²) in [4.78, 5) is 22.5. The molecule has 6 rings (SSSR count). The van der Waals surface area contributed by atoms with Gasteiger partial charge in [0.2, 0.25) is 5.91 Å². The zero-order valence-corrected chi connectivity index (χ0v) is 24.4. The third-order valence-electron chi connectivity index (χ3n) is 9.87. The van der Waals surface area contributed by atoms with E-state index in [4.69, 9.17) is 0 Å². The second-order valence-corrected chi connectivity index (χ2v) is 13.3. The van der Waals surface area contributed by atoms with E-state index in [1.54, 1.807) is 0 Å². The number of hydrogen-bond acceptors (Lipinski definition) is 3. The van der Waals surface area contributed by atoms with Gasteiger partial charge in [-0.2, -0.15) is 0 Å². The molecule has 1 amide bonds. The Balaban J connectivity index is 1.41. The molecular formula is C34H45N3O2. The number of aryl methyl sites for hydroxylation is 2. The number of aromatic nitrogens is 1. The molecule has 208 valence electrons. The zero-order chi connectivity index (χ0) is 27.5. The first kappa shape index (κ1) is 26.6. The quantitative estimate of drug-likeness (QED) is 0.388. The summed E-state index contributed by atoms with van der Waals surface area (Å²) in [6.07, 6.45) is 6.20. The maximum Gasteiger partial charge on any atom is 0.233 e. The molecule has 0 radical (unpaired) electrons. The summed E-state index contributed by atoms with van der Waals surface area (Å²) in [5.74, 6) is 0.590. The molecule has 2 aromatic carbocycles. The topological polar surface area (TPSA) is 59.6 Å². The van der Waals surface area contributed by atoms with Gasteiger partial charge in [0.15, 0.2) is 0 Å². The van der Waals surface area contributed by atoms with Crippen molar-refractivity contribution in [1.29, 1.82) is 0 Å². The monoisotopic (exact) mass is 527 g/mol. The fourth-order valence-corrected chi connectivity index (χ4v) is 7.73. The van der Waals surface area contributed by atoms with Gasteiger partial charge in [0, 0.05) is 42.6 Å². The number of benzene rings is 2. The van der Waals surface area contributed by atoms with Gasteiger partial charge < -0.3 is 19.9 Å². The number of aromatic amines is 1. The molecule has 3 aliphatic rings. The van der Waals surface area contributed by atoms with Crippen LogP contribution < -0.4 is 0 Å². The molecule has 3 aliphatic heterocycles. The van der Waals surface area contributed by atoms with Crippen LogP contribution in [0.1, 0.15) is 87.5 Å². The van der Waals surface area contributed by atoms with Crippen molar-refractivity contribution in [2.24, 2.45) is 0 Å². The Morgan fingerprint density at radius 1 is 0.974 bits per heavy atom. The Bertz CT molecular complexity index is 1340. The maximum atomic E-state index is 14.0. The summed E-state index contributed by atoms with van der Waals surface area (Å²) in [5.41, 5.74) is 7.96. The van der Waals surface area contributed by atoms with Crippen molar-refractivity contribution < 1.29 is 9.90 Å². The molecule has 5 heteroatoms. The summed E-state index contributed by atoms with van der Waals surface area (Å²) in [6.45, 7) is 13.8. The summed E-state index contributed by atoms with van der Waals surface area (Å²) in [5, 5.41) is 11.3. The van der Waals surface area contributed by atoms with Gasteiger partial charge in [-0.05, 0) is 113 Å². The first-order valence-corrected chi connectivity index (χ1v) is 15.1. The average molecular weight is 528 g/mol. The van der Waals surface area contributed by atoms with Gasteiger partial charge in [0.05, 0.1) is 17.2 Å². The lowest BCUT2D eigenvalue weighted by Crippen LogP contribution is -2.45. The van der Waals surface area contributed by atoms with Crippen molar-refractivity contribution in [3.63, 3.8) is 0 Å². The molecule has 3 saturated heterocycles. The largest absolute Gasteiger partial charge is 0.393 e. The van der Waals surface area contributed by atoms with Crippen LogP contribution in [0, 0.1) is 13.8 Å². The molecular weight excluding hydrogens is 482 g/mol. The maximum absolute atomic E-state index is 14.0. The molecule has 2 bridgehead atoms. The zero-order valence-electron chi connectivity index (χ0n) is 24.4. The minimum atomic E-state index is -0.569. The number of amides is 1. The van der Waals surface area contributed by atoms with Crippen molar-refractivity contribution in [2.75, 3.05) is 19.6 Å². The van der Waals surface area contributed by atoms with Crippen LogP contribution in [-0.2, 0) is 10.2 Å². The Kier molecular flexibility index (Phi) is 6.87.